The Morgan fingerprint density at radius 2 is 1.77 bits per heavy atom. The molecule has 2 aromatic rings. The van der Waals surface area contributed by atoms with Crippen LogP contribution in [0, 0.1) is 5.82 Å². The third kappa shape index (κ3) is 3.88. The van der Waals surface area contributed by atoms with E-state index in [1.54, 1.807) is 19.2 Å². The van der Waals surface area contributed by atoms with Crippen LogP contribution in [0.4, 0.5) is 4.39 Å². The van der Waals surface area contributed by atoms with E-state index >= 15 is 0 Å². The maximum Gasteiger partial charge on any atom is 0.131 e. The maximum atomic E-state index is 14.3. The first-order valence-electron chi connectivity index (χ1n) is 8.15. The number of hydrogen-bond donors (Lipinski definition) is 0. The number of rotatable bonds is 7. The van der Waals surface area contributed by atoms with Gasteiger partial charge >= 0.3 is 0 Å². The number of methoxy groups -OCH3 is 1. The molecule has 0 heterocycles. The molecular formula is C20H25FO. The first kappa shape index (κ1) is 16.5. The van der Waals surface area contributed by atoms with Crippen molar-refractivity contribution in [1.29, 1.82) is 0 Å². The molecule has 2 rings (SSSR count). The van der Waals surface area contributed by atoms with Crippen LogP contribution in [0.5, 0.6) is 5.75 Å². The lowest BCUT2D eigenvalue weighted by Gasteiger charge is -2.13. The van der Waals surface area contributed by atoms with Crippen molar-refractivity contribution in [3.05, 3.63) is 53.3 Å². The minimum absolute atomic E-state index is 0.193. The summed E-state index contributed by atoms with van der Waals surface area (Å²) in [5.74, 6) is 0.497. The van der Waals surface area contributed by atoms with Gasteiger partial charge in [0.05, 0.1) is 7.11 Å². The highest BCUT2D eigenvalue weighted by Crippen LogP contribution is 2.31. The van der Waals surface area contributed by atoms with Gasteiger partial charge < -0.3 is 4.74 Å². The van der Waals surface area contributed by atoms with Gasteiger partial charge in [0, 0.05) is 5.56 Å². The second kappa shape index (κ2) is 7.98. The fourth-order valence-corrected chi connectivity index (χ4v) is 2.74. The number of ether oxygens (including phenoxy) is 1. The van der Waals surface area contributed by atoms with Gasteiger partial charge in [-0.3, -0.25) is 0 Å². The third-order valence-corrected chi connectivity index (χ3v) is 4.09. The molecule has 0 spiro atoms. The zero-order valence-electron chi connectivity index (χ0n) is 13.8. The molecule has 1 nitrogen and oxygen atoms in total. The van der Waals surface area contributed by atoms with Gasteiger partial charge in [0.2, 0.25) is 0 Å². The first-order valence-corrected chi connectivity index (χ1v) is 8.15. The van der Waals surface area contributed by atoms with Gasteiger partial charge in [0.15, 0.2) is 0 Å². The summed E-state index contributed by atoms with van der Waals surface area (Å²) in [6.45, 7) is 4.35. The van der Waals surface area contributed by atoms with E-state index in [1.165, 1.54) is 30.0 Å². The highest BCUT2D eigenvalue weighted by molar-refractivity contribution is 5.70. The normalized spacial score (nSPS) is 10.7. The summed E-state index contributed by atoms with van der Waals surface area (Å²) >= 11 is 0. The van der Waals surface area contributed by atoms with E-state index in [0.717, 1.165) is 24.8 Å². The minimum Gasteiger partial charge on any atom is -0.497 e. The monoisotopic (exact) mass is 300 g/mol. The maximum absolute atomic E-state index is 14.3. The van der Waals surface area contributed by atoms with Crippen molar-refractivity contribution in [1.82, 2.24) is 0 Å². The Kier molecular flexibility index (Phi) is 6.00. The highest BCUT2D eigenvalue weighted by atomic mass is 19.1. The van der Waals surface area contributed by atoms with Crippen LogP contribution in [-0.4, -0.2) is 7.11 Å². The predicted octanol–water partition coefficient (Wildman–Crippen LogP) is 5.80. The second-order valence-electron chi connectivity index (χ2n) is 5.65. The number of aryl methyl sites for hydroxylation is 2. The molecule has 0 saturated carbocycles. The average molecular weight is 300 g/mol. The molecule has 22 heavy (non-hydrogen) atoms. The van der Waals surface area contributed by atoms with Crippen LogP contribution in [-0.2, 0) is 12.8 Å². The van der Waals surface area contributed by atoms with Gasteiger partial charge in [0.1, 0.15) is 11.6 Å². The van der Waals surface area contributed by atoms with Crippen LogP contribution in [0.15, 0.2) is 36.4 Å². The highest BCUT2D eigenvalue weighted by Gasteiger charge is 2.12. The average Bonchev–Trinajstić information content (AvgIpc) is 2.55. The van der Waals surface area contributed by atoms with E-state index in [9.17, 15) is 4.39 Å². The van der Waals surface area contributed by atoms with Gasteiger partial charge in [0.25, 0.3) is 0 Å². The number of benzene rings is 2. The zero-order valence-corrected chi connectivity index (χ0v) is 13.8. The van der Waals surface area contributed by atoms with Crippen LogP contribution in [0.2, 0.25) is 0 Å². The fourth-order valence-electron chi connectivity index (χ4n) is 2.74. The van der Waals surface area contributed by atoms with Crippen molar-refractivity contribution in [2.45, 2.75) is 46.0 Å². The molecule has 0 bridgehead atoms. The molecule has 0 aliphatic rings. The molecule has 0 saturated heterocycles. The quantitative estimate of drug-likeness (QED) is 0.587. The van der Waals surface area contributed by atoms with Gasteiger partial charge in [-0.25, -0.2) is 4.39 Å². The molecule has 0 fully saturated rings. The van der Waals surface area contributed by atoms with E-state index in [0.29, 0.717) is 11.3 Å². The summed E-state index contributed by atoms with van der Waals surface area (Å²) in [6, 6.07) is 11.3. The van der Waals surface area contributed by atoms with Crippen LogP contribution < -0.4 is 4.74 Å². The predicted molar refractivity (Wildman–Crippen MR) is 91.0 cm³/mol. The van der Waals surface area contributed by atoms with Crippen LogP contribution in [0.25, 0.3) is 11.1 Å². The summed E-state index contributed by atoms with van der Waals surface area (Å²) in [7, 11) is 1.61. The lowest BCUT2D eigenvalue weighted by atomic mass is 9.93. The molecule has 0 unspecified atom stereocenters. The fraction of sp³-hybridized carbons (Fsp3) is 0.400. The van der Waals surface area contributed by atoms with Crippen molar-refractivity contribution in [2.75, 3.05) is 7.11 Å². The Morgan fingerprint density at radius 1 is 0.955 bits per heavy atom. The Morgan fingerprint density at radius 3 is 2.45 bits per heavy atom. The topological polar surface area (TPSA) is 9.23 Å². The minimum atomic E-state index is -0.193. The van der Waals surface area contributed by atoms with Gasteiger partial charge in [-0.05, 0) is 54.2 Å². The van der Waals surface area contributed by atoms with E-state index < -0.39 is 0 Å². The number of unbranched alkanes of at least 4 members (excludes halogenated alkanes) is 2. The smallest absolute Gasteiger partial charge is 0.131 e. The van der Waals surface area contributed by atoms with Crippen molar-refractivity contribution in [3.63, 3.8) is 0 Å². The molecular weight excluding hydrogens is 275 g/mol. The Balaban J connectivity index is 2.44. The van der Waals surface area contributed by atoms with Crippen LogP contribution in [0.1, 0.15) is 44.2 Å². The molecule has 0 radical (unpaired) electrons. The first-order chi connectivity index (χ1) is 10.7. The van der Waals surface area contributed by atoms with Gasteiger partial charge in [-0.1, -0.05) is 44.9 Å². The zero-order chi connectivity index (χ0) is 15.9. The van der Waals surface area contributed by atoms with E-state index in [2.05, 4.69) is 32.0 Å². The Labute approximate surface area is 133 Å². The van der Waals surface area contributed by atoms with E-state index in [4.69, 9.17) is 4.74 Å². The molecule has 0 aliphatic carbocycles. The lowest BCUT2D eigenvalue weighted by molar-refractivity contribution is 0.414. The summed E-state index contributed by atoms with van der Waals surface area (Å²) in [5, 5.41) is 0. The third-order valence-electron chi connectivity index (χ3n) is 4.09. The Bertz CT molecular complexity index is 619. The van der Waals surface area contributed by atoms with Crippen molar-refractivity contribution < 1.29 is 9.13 Å². The standard InChI is InChI=1S/C20H25FO/c1-4-6-7-8-16-13-15(5-2)9-11-18(16)19-14-17(22-3)10-12-20(19)21/h9-14H,4-8H2,1-3H3. The number of hydrogen-bond acceptors (Lipinski definition) is 1. The van der Waals surface area contributed by atoms with Gasteiger partial charge in [-0.2, -0.15) is 0 Å². The van der Waals surface area contributed by atoms with E-state index in [1.807, 2.05) is 0 Å². The summed E-state index contributed by atoms with van der Waals surface area (Å²) in [6.07, 6.45) is 5.53. The molecule has 0 aliphatic heterocycles. The van der Waals surface area contributed by atoms with E-state index in [-0.39, 0.29) is 5.82 Å². The van der Waals surface area contributed by atoms with Gasteiger partial charge in [-0.15, -0.1) is 0 Å². The second-order valence-corrected chi connectivity index (χ2v) is 5.65. The summed E-state index contributed by atoms with van der Waals surface area (Å²) in [4.78, 5) is 0. The van der Waals surface area contributed by atoms with Crippen molar-refractivity contribution >= 4 is 0 Å². The SMILES string of the molecule is CCCCCc1cc(CC)ccc1-c1cc(OC)ccc1F. The van der Waals surface area contributed by atoms with Crippen molar-refractivity contribution in [3.8, 4) is 16.9 Å². The summed E-state index contributed by atoms with van der Waals surface area (Å²) in [5.41, 5.74) is 4.16. The number of halogens is 1. The Hall–Kier alpha value is -1.83. The molecule has 2 aromatic carbocycles. The molecule has 2 heteroatoms. The largest absolute Gasteiger partial charge is 0.497 e. The van der Waals surface area contributed by atoms with Crippen molar-refractivity contribution in [2.24, 2.45) is 0 Å². The lowest BCUT2D eigenvalue weighted by Crippen LogP contribution is -1.96. The molecule has 118 valence electrons. The summed E-state index contributed by atoms with van der Waals surface area (Å²) < 4.78 is 19.5. The molecule has 0 aromatic heterocycles. The molecule has 0 atom stereocenters. The van der Waals surface area contributed by atoms with Crippen LogP contribution >= 0.6 is 0 Å². The molecule has 0 N–H and O–H groups in total. The molecule has 0 amide bonds. The van der Waals surface area contributed by atoms with Crippen LogP contribution in [0.3, 0.4) is 0 Å².